The van der Waals surface area contributed by atoms with Gasteiger partial charge in [0.1, 0.15) is 13.2 Å². The van der Waals surface area contributed by atoms with E-state index in [4.69, 9.17) is 18.9 Å². The van der Waals surface area contributed by atoms with Crippen molar-refractivity contribution >= 4 is 29.0 Å². The summed E-state index contributed by atoms with van der Waals surface area (Å²) in [5.41, 5.74) is 0.197. The molecule has 1 aliphatic rings. The Morgan fingerprint density at radius 2 is 1.97 bits per heavy atom. The molecule has 0 saturated carbocycles. The maximum Gasteiger partial charge on any atom is 0.339 e. The molecule has 0 radical (unpaired) electrons. The lowest BCUT2D eigenvalue weighted by atomic mass is 10.1. The monoisotopic (exact) mass is 419 g/mol. The first kappa shape index (κ1) is 20.7. The molecule has 0 aliphatic carbocycles. The highest BCUT2D eigenvalue weighted by Gasteiger charge is 2.25. The Balaban J connectivity index is 1.69. The number of fused-ring (bicyclic) bond motifs is 1. The molecule has 8 nitrogen and oxygen atoms in total. The second kappa shape index (κ2) is 8.95. The van der Waals surface area contributed by atoms with Gasteiger partial charge in [-0.3, -0.25) is 9.59 Å². The van der Waals surface area contributed by atoms with Gasteiger partial charge in [0.25, 0.3) is 0 Å². The van der Waals surface area contributed by atoms with E-state index in [9.17, 15) is 14.4 Å². The summed E-state index contributed by atoms with van der Waals surface area (Å²) in [6, 6.07) is 6.41. The topological polar surface area (TPSA) is 100 Å². The summed E-state index contributed by atoms with van der Waals surface area (Å²) in [4.78, 5) is 37.4. The molecule has 3 rings (SSSR count). The number of rotatable bonds is 7. The highest BCUT2D eigenvalue weighted by Crippen LogP contribution is 2.40. The van der Waals surface area contributed by atoms with Gasteiger partial charge in [-0.1, -0.05) is 0 Å². The number of carbonyl (C=O) groups excluding carboxylic acids is 3. The number of benzene rings is 1. The van der Waals surface area contributed by atoms with Crippen LogP contribution in [0, 0.1) is 0 Å². The van der Waals surface area contributed by atoms with Crippen LogP contribution in [0.4, 0.5) is 0 Å². The van der Waals surface area contributed by atoms with Gasteiger partial charge in [-0.15, -0.1) is 11.3 Å². The van der Waals surface area contributed by atoms with Crippen LogP contribution in [0.1, 0.15) is 38.8 Å². The Labute approximate surface area is 171 Å². The minimum atomic E-state index is -0.978. The van der Waals surface area contributed by atoms with Gasteiger partial charge in [0.05, 0.1) is 24.1 Å². The van der Waals surface area contributed by atoms with Gasteiger partial charge in [-0.05, 0) is 31.2 Å². The van der Waals surface area contributed by atoms with Crippen LogP contribution in [-0.4, -0.2) is 44.1 Å². The first-order valence-electron chi connectivity index (χ1n) is 8.95. The normalized spacial score (nSPS) is 13.3. The molecule has 1 N–H and O–H groups in total. The van der Waals surface area contributed by atoms with Crippen molar-refractivity contribution in [3.8, 4) is 17.2 Å². The Hall–Kier alpha value is -3.07. The average Bonchev–Trinajstić information content (AvgIpc) is 3.19. The van der Waals surface area contributed by atoms with Crippen molar-refractivity contribution in [2.75, 3.05) is 20.3 Å². The van der Waals surface area contributed by atoms with E-state index in [2.05, 4.69) is 5.32 Å². The molecule has 1 unspecified atom stereocenters. The molecule has 0 spiro atoms. The van der Waals surface area contributed by atoms with Gasteiger partial charge < -0.3 is 24.3 Å². The summed E-state index contributed by atoms with van der Waals surface area (Å²) in [7, 11) is 1.46. The van der Waals surface area contributed by atoms with Gasteiger partial charge in [0, 0.05) is 11.8 Å². The summed E-state index contributed by atoms with van der Waals surface area (Å²) < 4.78 is 21.6. The van der Waals surface area contributed by atoms with Crippen LogP contribution in [0.25, 0.3) is 0 Å². The highest BCUT2D eigenvalue weighted by atomic mass is 32.1. The molecule has 2 aromatic rings. The fraction of sp³-hybridized carbons (Fsp3) is 0.350. The van der Waals surface area contributed by atoms with Crippen LogP contribution in [0.15, 0.2) is 24.3 Å². The highest BCUT2D eigenvalue weighted by molar-refractivity contribution is 7.14. The number of methoxy groups -OCH3 is 1. The lowest BCUT2D eigenvalue weighted by Crippen LogP contribution is -2.24. The number of thiophene rings is 1. The molecular weight excluding hydrogens is 398 g/mol. The second-order valence-electron chi connectivity index (χ2n) is 6.29. The maximum absolute atomic E-state index is 12.6. The molecule has 1 aromatic carbocycles. The van der Waals surface area contributed by atoms with Crippen molar-refractivity contribution in [3.05, 3.63) is 39.6 Å². The van der Waals surface area contributed by atoms with E-state index >= 15 is 0 Å². The smallest absolute Gasteiger partial charge is 0.339 e. The van der Waals surface area contributed by atoms with Crippen LogP contribution in [-0.2, 0) is 16.1 Å². The fourth-order valence-electron chi connectivity index (χ4n) is 2.69. The fourth-order valence-corrected chi connectivity index (χ4v) is 3.66. The molecule has 1 amide bonds. The summed E-state index contributed by atoms with van der Waals surface area (Å²) in [6.45, 7) is 4.04. The summed E-state index contributed by atoms with van der Waals surface area (Å²) in [5.74, 6) is 0.0441. The quantitative estimate of drug-likeness (QED) is 0.544. The van der Waals surface area contributed by atoms with Gasteiger partial charge in [0.2, 0.25) is 17.4 Å². The van der Waals surface area contributed by atoms with Crippen LogP contribution in [0.2, 0.25) is 0 Å². The molecule has 0 bridgehead atoms. The molecule has 1 atom stereocenters. The van der Waals surface area contributed by atoms with Crippen molar-refractivity contribution < 1.29 is 33.3 Å². The number of carbonyl (C=O) groups is 3. The zero-order valence-electron chi connectivity index (χ0n) is 16.3. The summed E-state index contributed by atoms with van der Waals surface area (Å²) in [5, 5.41) is 2.67. The molecule has 154 valence electrons. The number of Topliss-reactive ketones (excluding diaryl/α,β-unsaturated/α-hetero) is 1. The summed E-state index contributed by atoms with van der Waals surface area (Å²) in [6.07, 6.45) is -0.978. The Kier molecular flexibility index (Phi) is 6.38. The van der Waals surface area contributed by atoms with Crippen molar-refractivity contribution in [2.24, 2.45) is 0 Å². The molecular formula is C20H21NO7S. The SMILES string of the molecule is COc1cc(C(=O)OC(C)C(=O)c2ccc(CNC(C)=O)s2)cc2c1OCCO2. The number of hydrogen-bond acceptors (Lipinski definition) is 8. The van der Waals surface area contributed by atoms with E-state index in [1.165, 1.54) is 44.4 Å². The average molecular weight is 419 g/mol. The molecule has 29 heavy (non-hydrogen) atoms. The van der Waals surface area contributed by atoms with Gasteiger partial charge in [-0.2, -0.15) is 0 Å². The lowest BCUT2D eigenvalue weighted by Gasteiger charge is -2.21. The van der Waals surface area contributed by atoms with Crippen molar-refractivity contribution in [1.29, 1.82) is 0 Å². The molecule has 2 heterocycles. The van der Waals surface area contributed by atoms with Crippen LogP contribution >= 0.6 is 11.3 Å². The number of esters is 1. The third kappa shape index (κ3) is 4.86. The molecule has 0 fully saturated rings. The molecule has 0 saturated heterocycles. The van der Waals surface area contributed by atoms with Crippen molar-refractivity contribution in [2.45, 2.75) is 26.5 Å². The Morgan fingerprint density at radius 1 is 1.21 bits per heavy atom. The largest absolute Gasteiger partial charge is 0.493 e. The van der Waals surface area contributed by atoms with E-state index in [0.29, 0.717) is 41.9 Å². The van der Waals surface area contributed by atoms with Crippen molar-refractivity contribution in [3.63, 3.8) is 0 Å². The lowest BCUT2D eigenvalue weighted by molar-refractivity contribution is -0.119. The summed E-state index contributed by atoms with van der Waals surface area (Å²) >= 11 is 1.25. The second-order valence-corrected chi connectivity index (χ2v) is 7.46. The molecule has 1 aliphatic heterocycles. The number of nitrogens with one attached hydrogen (secondary N) is 1. The first-order chi connectivity index (χ1) is 13.9. The van der Waals surface area contributed by atoms with Gasteiger partial charge in [-0.25, -0.2) is 4.79 Å². The first-order valence-corrected chi connectivity index (χ1v) is 9.76. The predicted molar refractivity (Wildman–Crippen MR) is 105 cm³/mol. The number of ether oxygens (including phenoxy) is 4. The van der Waals surface area contributed by atoms with E-state index in [0.717, 1.165) is 4.88 Å². The van der Waals surface area contributed by atoms with E-state index in [-0.39, 0.29) is 17.3 Å². The van der Waals surface area contributed by atoms with Crippen LogP contribution in [0.5, 0.6) is 17.2 Å². The van der Waals surface area contributed by atoms with Crippen molar-refractivity contribution in [1.82, 2.24) is 5.32 Å². The third-order valence-electron chi connectivity index (χ3n) is 4.13. The minimum absolute atomic E-state index is 0.150. The molecule has 9 heteroatoms. The Morgan fingerprint density at radius 3 is 2.69 bits per heavy atom. The Bertz CT molecular complexity index is 920. The maximum atomic E-state index is 12.6. The van der Waals surface area contributed by atoms with E-state index in [1.807, 2.05) is 0 Å². The van der Waals surface area contributed by atoms with Gasteiger partial charge in [0.15, 0.2) is 17.6 Å². The minimum Gasteiger partial charge on any atom is -0.493 e. The zero-order valence-corrected chi connectivity index (χ0v) is 17.1. The number of amides is 1. The number of ketones is 1. The predicted octanol–water partition coefficient (Wildman–Crippen LogP) is 2.59. The van der Waals surface area contributed by atoms with E-state index < -0.39 is 12.1 Å². The van der Waals surface area contributed by atoms with E-state index in [1.54, 1.807) is 12.1 Å². The van der Waals surface area contributed by atoms with Crippen LogP contribution in [0.3, 0.4) is 0 Å². The van der Waals surface area contributed by atoms with Gasteiger partial charge >= 0.3 is 5.97 Å². The number of hydrogen-bond donors (Lipinski definition) is 1. The molecule has 1 aromatic heterocycles. The zero-order chi connectivity index (χ0) is 21.0. The van der Waals surface area contributed by atoms with Crippen LogP contribution < -0.4 is 19.5 Å². The third-order valence-corrected chi connectivity index (χ3v) is 5.23. The standard InChI is InChI=1S/C20H21NO7S/c1-11(18(23)17-5-4-14(29-17)10-21-12(2)22)28-20(24)13-8-15(25-3)19-16(9-13)26-6-7-27-19/h4-5,8-9,11H,6-7,10H2,1-3H3,(H,21,22).